The Hall–Kier alpha value is -2.24. The molecule has 0 fully saturated rings. The fraction of sp³-hybridized carbons (Fsp3) is 0.286. The highest BCUT2D eigenvalue weighted by Gasteiger charge is 2.25. The lowest BCUT2D eigenvalue weighted by Crippen LogP contribution is -2.36. The van der Waals surface area contributed by atoms with Crippen molar-refractivity contribution >= 4 is 34.5 Å². The van der Waals surface area contributed by atoms with E-state index in [4.69, 9.17) is 11.6 Å². The minimum absolute atomic E-state index is 0.103. The van der Waals surface area contributed by atoms with Crippen LogP contribution in [0.15, 0.2) is 54.6 Å². The van der Waals surface area contributed by atoms with Gasteiger partial charge in [-0.25, -0.2) is 0 Å². The molecular weight excluding hydrogens is 378 g/mol. The van der Waals surface area contributed by atoms with Crippen molar-refractivity contribution in [1.29, 1.82) is 0 Å². The second kappa shape index (κ2) is 9.11. The molecule has 0 bridgehead atoms. The highest BCUT2D eigenvalue weighted by atomic mass is 35.5. The van der Waals surface area contributed by atoms with Crippen LogP contribution < -0.4 is 4.90 Å². The van der Waals surface area contributed by atoms with E-state index >= 15 is 0 Å². The summed E-state index contributed by atoms with van der Waals surface area (Å²) in [5, 5.41) is 9.79. The smallest absolute Gasteiger partial charge is 0.245 e. The van der Waals surface area contributed by atoms with Gasteiger partial charge >= 0.3 is 0 Å². The summed E-state index contributed by atoms with van der Waals surface area (Å²) < 4.78 is 0. The third-order valence-corrected chi connectivity index (χ3v) is 5.70. The first-order valence-electron chi connectivity index (χ1n) is 8.94. The average molecular weight is 400 g/mol. The molecule has 0 radical (unpaired) electrons. The molecule has 0 spiro atoms. The van der Waals surface area contributed by atoms with Crippen LogP contribution in [0.4, 0.5) is 5.69 Å². The summed E-state index contributed by atoms with van der Waals surface area (Å²) in [7, 11) is 0. The molecule has 1 heterocycles. The fourth-order valence-corrected chi connectivity index (χ4v) is 3.81. The summed E-state index contributed by atoms with van der Waals surface area (Å²) in [5.41, 5.74) is 3.08. The molecule has 0 aliphatic carbocycles. The standard InChI is InChI=1S/C21H22ClN3OS/c1-3-17(22)21(26)25(18-12-8-7-9-15(18)2)14-20-24-23-19(27-20)13-16-10-5-4-6-11-16/h4-12,17H,3,13-14H2,1-2H3. The minimum atomic E-state index is -0.554. The third kappa shape index (κ3) is 4.93. The number of hydrogen-bond acceptors (Lipinski definition) is 4. The number of hydrogen-bond donors (Lipinski definition) is 0. The molecule has 1 aromatic heterocycles. The highest BCUT2D eigenvalue weighted by molar-refractivity contribution is 7.11. The van der Waals surface area contributed by atoms with E-state index in [2.05, 4.69) is 22.3 Å². The predicted octanol–water partition coefficient (Wildman–Crippen LogP) is 4.99. The number of para-hydroxylation sites is 1. The number of benzene rings is 2. The first kappa shape index (κ1) is 19.5. The number of aryl methyl sites for hydroxylation is 1. The molecule has 3 aromatic rings. The van der Waals surface area contributed by atoms with Crippen LogP contribution in [-0.4, -0.2) is 21.5 Å². The van der Waals surface area contributed by atoms with E-state index < -0.39 is 5.38 Å². The van der Waals surface area contributed by atoms with Gasteiger partial charge < -0.3 is 4.90 Å². The van der Waals surface area contributed by atoms with Crippen molar-refractivity contribution in [2.24, 2.45) is 0 Å². The zero-order chi connectivity index (χ0) is 19.2. The van der Waals surface area contributed by atoms with Crippen LogP contribution in [0.25, 0.3) is 0 Å². The molecule has 2 aromatic carbocycles. The first-order valence-corrected chi connectivity index (χ1v) is 10.2. The number of aromatic nitrogens is 2. The Morgan fingerprint density at radius 2 is 1.74 bits per heavy atom. The van der Waals surface area contributed by atoms with Gasteiger partial charge in [0.2, 0.25) is 5.91 Å². The molecule has 0 N–H and O–H groups in total. The maximum Gasteiger partial charge on any atom is 0.245 e. The van der Waals surface area contributed by atoms with Gasteiger partial charge in [0.15, 0.2) is 0 Å². The van der Waals surface area contributed by atoms with Gasteiger partial charge in [-0.2, -0.15) is 0 Å². The average Bonchev–Trinajstić information content (AvgIpc) is 3.13. The molecule has 0 aliphatic rings. The molecule has 0 saturated heterocycles. The van der Waals surface area contributed by atoms with Crippen LogP contribution in [0, 0.1) is 6.92 Å². The van der Waals surface area contributed by atoms with Crippen molar-refractivity contribution in [3.05, 3.63) is 75.7 Å². The number of amides is 1. The Kier molecular flexibility index (Phi) is 6.58. The van der Waals surface area contributed by atoms with E-state index in [9.17, 15) is 4.79 Å². The largest absolute Gasteiger partial charge is 0.304 e. The van der Waals surface area contributed by atoms with E-state index in [-0.39, 0.29) is 5.91 Å². The second-order valence-corrected chi connectivity index (χ2v) is 8.01. The molecule has 140 valence electrons. The van der Waals surface area contributed by atoms with E-state index in [1.165, 1.54) is 16.9 Å². The predicted molar refractivity (Wildman–Crippen MR) is 111 cm³/mol. The SMILES string of the molecule is CCC(Cl)C(=O)N(Cc1nnc(Cc2ccccc2)s1)c1ccccc1C. The quantitative estimate of drug-likeness (QED) is 0.526. The maximum atomic E-state index is 12.9. The van der Waals surface area contributed by atoms with Crippen LogP contribution in [0.2, 0.25) is 0 Å². The lowest BCUT2D eigenvalue weighted by molar-refractivity contribution is -0.118. The van der Waals surface area contributed by atoms with Gasteiger partial charge in [-0.3, -0.25) is 4.79 Å². The number of carbonyl (C=O) groups is 1. The number of rotatable bonds is 7. The van der Waals surface area contributed by atoms with Gasteiger partial charge in [0, 0.05) is 12.1 Å². The van der Waals surface area contributed by atoms with Crippen LogP contribution in [0.3, 0.4) is 0 Å². The van der Waals surface area contributed by atoms with E-state index in [1.807, 2.05) is 56.3 Å². The van der Waals surface area contributed by atoms with E-state index in [0.717, 1.165) is 27.7 Å². The Morgan fingerprint density at radius 3 is 2.44 bits per heavy atom. The summed E-state index contributed by atoms with van der Waals surface area (Å²) in [4.78, 5) is 14.6. The van der Waals surface area contributed by atoms with Crippen molar-refractivity contribution in [2.75, 3.05) is 4.90 Å². The molecule has 3 rings (SSSR count). The van der Waals surface area contributed by atoms with Gasteiger partial charge in [-0.05, 0) is 30.5 Å². The normalized spacial score (nSPS) is 12.0. The molecule has 0 saturated carbocycles. The lowest BCUT2D eigenvalue weighted by Gasteiger charge is -2.25. The third-order valence-electron chi connectivity index (χ3n) is 4.30. The van der Waals surface area contributed by atoms with Crippen LogP contribution in [0.1, 0.15) is 34.5 Å². The number of carbonyl (C=O) groups excluding carboxylic acids is 1. The van der Waals surface area contributed by atoms with Gasteiger partial charge in [-0.1, -0.05) is 66.8 Å². The molecule has 0 aliphatic heterocycles. The summed E-state index contributed by atoms with van der Waals surface area (Å²) in [6.45, 7) is 4.28. The summed E-state index contributed by atoms with van der Waals surface area (Å²) >= 11 is 7.80. The molecule has 1 atom stereocenters. The van der Waals surface area contributed by atoms with Crippen molar-refractivity contribution in [2.45, 2.75) is 38.6 Å². The van der Waals surface area contributed by atoms with Crippen molar-refractivity contribution < 1.29 is 4.79 Å². The second-order valence-electron chi connectivity index (χ2n) is 6.34. The number of alkyl halides is 1. The van der Waals surface area contributed by atoms with Crippen molar-refractivity contribution in [1.82, 2.24) is 10.2 Å². The number of anilines is 1. The van der Waals surface area contributed by atoms with Gasteiger partial charge in [0.25, 0.3) is 0 Å². The number of halogens is 1. The van der Waals surface area contributed by atoms with Gasteiger partial charge in [-0.15, -0.1) is 21.8 Å². The lowest BCUT2D eigenvalue weighted by atomic mass is 10.1. The Morgan fingerprint density at radius 1 is 1.07 bits per heavy atom. The van der Waals surface area contributed by atoms with Gasteiger partial charge in [0.05, 0.1) is 6.54 Å². The van der Waals surface area contributed by atoms with Crippen molar-refractivity contribution in [3.8, 4) is 0 Å². The zero-order valence-corrected chi connectivity index (χ0v) is 17.0. The van der Waals surface area contributed by atoms with E-state index in [0.29, 0.717) is 13.0 Å². The van der Waals surface area contributed by atoms with Crippen molar-refractivity contribution in [3.63, 3.8) is 0 Å². The zero-order valence-electron chi connectivity index (χ0n) is 15.4. The van der Waals surface area contributed by atoms with Crippen LogP contribution >= 0.6 is 22.9 Å². The molecule has 6 heteroatoms. The maximum absolute atomic E-state index is 12.9. The van der Waals surface area contributed by atoms with E-state index in [1.54, 1.807) is 4.90 Å². The molecule has 4 nitrogen and oxygen atoms in total. The minimum Gasteiger partial charge on any atom is -0.304 e. The van der Waals surface area contributed by atoms with Crippen LogP contribution in [0.5, 0.6) is 0 Å². The highest BCUT2D eigenvalue weighted by Crippen LogP contribution is 2.25. The molecule has 1 unspecified atom stereocenters. The topological polar surface area (TPSA) is 46.1 Å². The monoisotopic (exact) mass is 399 g/mol. The Bertz CT molecular complexity index is 897. The molecular formula is C21H22ClN3OS. The Balaban J connectivity index is 1.82. The van der Waals surface area contributed by atoms with Gasteiger partial charge in [0.1, 0.15) is 15.4 Å². The molecule has 1 amide bonds. The summed E-state index contributed by atoms with van der Waals surface area (Å²) in [6, 6.07) is 18.0. The first-order chi connectivity index (χ1) is 13.1. The molecule has 27 heavy (non-hydrogen) atoms. The summed E-state index contributed by atoms with van der Waals surface area (Å²) in [5.74, 6) is -0.103. The summed E-state index contributed by atoms with van der Waals surface area (Å²) in [6.07, 6.45) is 1.32. The fourth-order valence-electron chi connectivity index (χ4n) is 2.82. The van der Waals surface area contributed by atoms with Crippen LogP contribution in [-0.2, 0) is 17.8 Å². The number of nitrogens with zero attached hydrogens (tertiary/aromatic N) is 3. The Labute approximate surface area is 168 Å².